The summed E-state index contributed by atoms with van der Waals surface area (Å²) in [5.74, 6) is 0.0398. The summed E-state index contributed by atoms with van der Waals surface area (Å²) in [6.07, 6.45) is 0. The second-order valence-electron chi connectivity index (χ2n) is 6.62. The molecular weight excluding hydrogens is 378 g/mol. The maximum absolute atomic E-state index is 12.3. The fourth-order valence-electron chi connectivity index (χ4n) is 3.09. The second-order valence-corrected chi connectivity index (χ2v) is 8.76. The highest BCUT2D eigenvalue weighted by molar-refractivity contribution is 7.16. The number of hydrogen-bond donors (Lipinski definition) is 2. The van der Waals surface area contributed by atoms with Crippen molar-refractivity contribution in [2.24, 2.45) is 0 Å². The van der Waals surface area contributed by atoms with Crippen molar-refractivity contribution >= 4 is 34.3 Å². The molecule has 0 atom stereocenters. The van der Waals surface area contributed by atoms with Crippen LogP contribution in [0.1, 0.15) is 4.88 Å². The van der Waals surface area contributed by atoms with Gasteiger partial charge in [-0.25, -0.2) is 4.98 Å². The van der Waals surface area contributed by atoms with Crippen LogP contribution in [0.4, 0.5) is 5.69 Å². The van der Waals surface area contributed by atoms with Gasteiger partial charge in [-0.2, -0.15) is 0 Å². The molecule has 0 unspecified atom stereocenters. The first-order chi connectivity index (χ1) is 13.2. The van der Waals surface area contributed by atoms with E-state index in [0.717, 1.165) is 48.3 Å². The molecule has 0 bridgehead atoms. The molecule has 3 aromatic rings. The monoisotopic (exact) mass is 400 g/mol. The minimum atomic E-state index is 0.0398. The molecule has 0 aliphatic carbocycles. The molecule has 1 aliphatic heterocycles. The number of carbonyl (C=O) groups is 1. The number of ether oxygens (including phenoxy) is 1. The van der Waals surface area contributed by atoms with Gasteiger partial charge in [-0.05, 0) is 31.2 Å². The summed E-state index contributed by atoms with van der Waals surface area (Å²) in [4.78, 5) is 20.9. The lowest BCUT2D eigenvalue weighted by atomic mass is 10.2. The van der Waals surface area contributed by atoms with Crippen LogP contribution < -0.4 is 10.2 Å². The number of benzene rings is 1. The first-order valence-corrected chi connectivity index (χ1v) is 10.7. The van der Waals surface area contributed by atoms with Gasteiger partial charge in [-0.3, -0.25) is 4.79 Å². The first kappa shape index (κ1) is 18.3. The van der Waals surface area contributed by atoms with Gasteiger partial charge in [0.05, 0.1) is 23.8 Å². The van der Waals surface area contributed by atoms with Crippen molar-refractivity contribution in [2.45, 2.75) is 6.92 Å². The highest BCUT2D eigenvalue weighted by Gasteiger charge is 2.18. The normalized spacial score (nSPS) is 15.0. The van der Waals surface area contributed by atoms with Gasteiger partial charge in [0.1, 0.15) is 18.1 Å². The maximum Gasteiger partial charge on any atom is 0.279 e. The summed E-state index contributed by atoms with van der Waals surface area (Å²) < 4.78 is 5.34. The molecule has 140 valence electrons. The lowest BCUT2D eigenvalue weighted by molar-refractivity contribution is -0.899. The number of quaternary nitrogens is 1. The zero-order valence-corrected chi connectivity index (χ0v) is 16.8. The summed E-state index contributed by atoms with van der Waals surface area (Å²) >= 11 is 3.38. The highest BCUT2D eigenvalue weighted by atomic mass is 32.1. The third-order valence-electron chi connectivity index (χ3n) is 4.50. The van der Waals surface area contributed by atoms with Crippen molar-refractivity contribution in [2.75, 3.05) is 38.2 Å². The summed E-state index contributed by atoms with van der Waals surface area (Å²) in [5, 5.41) is 6.07. The number of hydrogen-bond acceptors (Lipinski definition) is 5. The molecular formula is C20H22N3O2S2+. The van der Waals surface area contributed by atoms with E-state index in [1.54, 1.807) is 22.7 Å². The predicted octanol–water partition coefficient (Wildman–Crippen LogP) is 2.70. The third kappa shape index (κ3) is 4.62. The largest absolute Gasteiger partial charge is 0.370 e. The Kier molecular flexibility index (Phi) is 5.63. The zero-order chi connectivity index (χ0) is 18.6. The van der Waals surface area contributed by atoms with Gasteiger partial charge < -0.3 is 15.0 Å². The predicted molar refractivity (Wildman–Crippen MR) is 111 cm³/mol. The number of nitrogens with zero attached hydrogens (tertiary/aromatic N) is 1. The molecule has 0 spiro atoms. The van der Waals surface area contributed by atoms with E-state index in [9.17, 15) is 4.79 Å². The molecule has 27 heavy (non-hydrogen) atoms. The Morgan fingerprint density at radius 3 is 2.89 bits per heavy atom. The van der Waals surface area contributed by atoms with E-state index in [1.165, 1.54) is 14.7 Å². The Labute approximate surface area is 166 Å². The number of morpholine rings is 1. The van der Waals surface area contributed by atoms with Gasteiger partial charge >= 0.3 is 0 Å². The molecule has 5 nitrogen and oxygen atoms in total. The van der Waals surface area contributed by atoms with Crippen LogP contribution in [0.5, 0.6) is 0 Å². The molecule has 2 aromatic heterocycles. The fourth-order valence-corrected chi connectivity index (χ4v) is 4.81. The molecule has 1 aromatic carbocycles. The standard InChI is InChI=1S/C20H21N3O2S2/c1-14-5-6-18(27-14)17-13-26-20(22-17)15-3-2-4-16(11-15)21-19(24)12-23-7-9-25-10-8-23/h2-6,11,13H,7-10,12H2,1H3,(H,21,24)/p+1. The van der Waals surface area contributed by atoms with Gasteiger partial charge in [0.15, 0.2) is 6.54 Å². The summed E-state index contributed by atoms with van der Waals surface area (Å²) in [6.45, 7) is 5.82. The summed E-state index contributed by atoms with van der Waals surface area (Å²) in [5.41, 5.74) is 2.85. The average Bonchev–Trinajstić information content (AvgIpc) is 3.32. The minimum Gasteiger partial charge on any atom is -0.370 e. The Morgan fingerprint density at radius 1 is 1.26 bits per heavy atom. The van der Waals surface area contributed by atoms with E-state index in [0.29, 0.717) is 6.54 Å². The summed E-state index contributed by atoms with van der Waals surface area (Å²) in [7, 11) is 0. The van der Waals surface area contributed by atoms with E-state index < -0.39 is 0 Å². The van der Waals surface area contributed by atoms with E-state index in [2.05, 4.69) is 29.8 Å². The second kappa shape index (κ2) is 8.31. The Balaban J connectivity index is 1.44. The van der Waals surface area contributed by atoms with Gasteiger partial charge in [0, 0.05) is 21.5 Å². The number of rotatable bonds is 5. The lowest BCUT2D eigenvalue weighted by Crippen LogP contribution is -3.15. The molecule has 1 saturated heterocycles. The van der Waals surface area contributed by atoms with Crippen LogP contribution in [0.15, 0.2) is 41.8 Å². The van der Waals surface area contributed by atoms with Crippen LogP contribution >= 0.6 is 22.7 Å². The van der Waals surface area contributed by atoms with Gasteiger partial charge in [0.2, 0.25) is 0 Å². The Hall–Kier alpha value is -2.06. The smallest absolute Gasteiger partial charge is 0.279 e. The SMILES string of the molecule is Cc1ccc(-c2csc(-c3cccc(NC(=O)C[NH+]4CCOCC4)c3)n2)s1. The van der Waals surface area contributed by atoms with Gasteiger partial charge in [0.25, 0.3) is 5.91 Å². The van der Waals surface area contributed by atoms with E-state index in [-0.39, 0.29) is 5.91 Å². The van der Waals surface area contributed by atoms with E-state index in [4.69, 9.17) is 9.72 Å². The number of carbonyl (C=O) groups excluding carboxylic acids is 1. The first-order valence-electron chi connectivity index (χ1n) is 9.01. The van der Waals surface area contributed by atoms with Crippen LogP contribution in [0, 0.1) is 6.92 Å². The fraction of sp³-hybridized carbons (Fsp3) is 0.300. The van der Waals surface area contributed by atoms with E-state index >= 15 is 0 Å². The molecule has 3 heterocycles. The lowest BCUT2D eigenvalue weighted by Gasteiger charge is -2.23. The van der Waals surface area contributed by atoms with Crippen LogP contribution in [-0.4, -0.2) is 43.7 Å². The van der Waals surface area contributed by atoms with Crippen molar-refractivity contribution in [3.63, 3.8) is 0 Å². The number of aromatic nitrogens is 1. The number of amides is 1. The van der Waals surface area contributed by atoms with Crippen LogP contribution in [0.3, 0.4) is 0 Å². The molecule has 4 rings (SSSR count). The Bertz CT molecular complexity index is 929. The molecule has 1 aliphatic rings. The van der Waals surface area contributed by atoms with Crippen LogP contribution in [-0.2, 0) is 9.53 Å². The van der Waals surface area contributed by atoms with Crippen molar-refractivity contribution in [3.05, 3.63) is 46.7 Å². The van der Waals surface area contributed by atoms with Crippen molar-refractivity contribution in [1.29, 1.82) is 0 Å². The van der Waals surface area contributed by atoms with Crippen molar-refractivity contribution in [1.82, 2.24) is 4.98 Å². The third-order valence-corrected chi connectivity index (χ3v) is 6.42. The number of thiazole rings is 1. The molecule has 0 saturated carbocycles. The highest BCUT2D eigenvalue weighted by Crippen LogP contribution is 2.33. The number of anilines is 1. The Morgan fingerprint density at radius 2 is 2.11 bits per heavy atom. The average molecular weight is 401 g/mol. The molecule has 0 radical (unpaired) electrons. The topological polar surface area (TPSA) is 55.7 Å². The summed E-state index contributed by atoms with van der Waals surface area (Å²) in [6, 6.07) is 12.1. The van der Waals surface area contributed by atoms with Crippen molar-refractivity contribution in [3.8, 4) is 21.1 Å². The number of aryl methyl sites for hydroxylation is 1. The molecule has 1 amide bonds. The van der Waals surface area contributed by atoms with Crippen molar-refractivity contribution < 1.29 is 14.4 Å². The van der Waals surface area contributed by atoms with E-state index in [1.807, 2.05) is 24.3 Å². The number of thiophene rings is 1. The molecule has 7 heteroatoms. The molecule has 2 N–H and O–H groups in total. The van der Waals surface area contributed by atoms with Crippen LogP contribution in [0.25, 0.3) is 21.1 Å². The molecule has 1 fully saturated rings. The van der Waals surface area contributed by atoms with Gasteiger partial charge in [-0.15, -0.1) is 22.7 Å². The minimum absolute atomic E-state index is 0.0398. The van der Waals surface area contributed by atoms with Crippen LogP contribution in [0.2, 0.25) is 0 Å². The number of nitrogens with one attached hydrogen (secondary N) is 2. The van der Waals surface area contributed by atoms with Gasteiger partial charge in [-0.1, -0.05) is 12.1 Å². The quantitative estimate of drug-likeness (QED) is 0.692. The zero-order valence-electron chi connectivity index (χ0n) is 15.2. The maximum atomic E-state index is 12.3.